The van der Waals surface area contributed by atoms with Gasteiger partial charge in [-0.15, -0.1) is 0 Å². The molecular formula is C22H20O3S. The van der Waals surface area contributed by atoms with Crippen LogP contribution in [-0.4, -0.2) is 19.7 Å². The third kappa shape index (κ3) is 4.27. The summed E-state index contributed by atoms with van der Waals surface area (Å²) in [6.45, 7) is 2.17. The molecule has 0 fully saturated rings. The first-order chi connectivity index (χ1) is 12.7. The predicted molar refractivity (Wildman–Crippen MR) is 107 cm³/mol. The Hall–Kier alpha value is -2.72. The highest BCUT2D eigenvalue weighted by Crippen LogP contribution is 2.36. The first kappa shape index (κ1) is 18.1. The van der Waals surface area contributed by atoms with Crippen LogP contribution in [0.1, 0.15) is 12.5 Å². The summed E-state index contributed by atoms with van der Waals surface area (Å²) < 4.78 is 10.2. The van der Waals surface area contributed by atoms with E-state index in [1.165, 1.54) is 6.08 Å². The highest BCUT2D eigenvalue weighted by Gasteiger charge is 2.08. The maximum Gasteiger partial charge on any atom is 0.330 e. The van der Waals surface area contributed by atoms with Gasteiger partial charge >= 0.3 is 5.97 Å². The van der Waals surface area contributed by atoms with Crippen LogP contribution >= 0.6 is 11.8 Å². The van der Waals surface area contributed by atoms with Gasteiger partial charge in [0.15, 0.2) is 0 Å². The molecule has 0 aliphatic rings. The number of rotatable bonds is 6. The van der Waals surface area contributed by atoms with Gasteiger partial charge in [0.2, 0.25) is 0 Å². The molecule has 3 nitrogen and oxygen atoms in total. The number of esters is 1. The van der Waals surface area contributed by atoms with E-state index in [-0.39, 0.29) is 5.97 Å². The van der Waals surface area contributed by atoms with Gasteiger partial charge in [-0.25, -0.2) is 4.79 Å². The van der Waals surface area contributed by atoms with Gasteiger partial charge in [-0.3, -0.25) is 0 Å². The largest absolute Gasteiger partial charge is 0.497 e. The number of fused-ring (bicyclic) bond motifs is 1. The van der Waals surface area contributed by atoms with Gasteiger partial charge in [0.1, 0.15) is 5.75 Å². The average Bonchev–Trinajstić information content (AvgIpc) is 2.68. The number of carbonyl (C=O) groups excluding carboxylic acids is 1. The number of ether oxygens (including phenoxy) is 2. The summed E-state index contributed by atoms with van der Waals surface area (Å²) in [7, 11) is 1.66. The van der Waals surface area contributed by atoms with Gasteiger partial charge in [-0.2, -0.15) is 0 Å². The summed E-state index contributed by atoms with van der Waals surface area (Å²) in [5.41, 5.74) is 1.01. The molecule has 0 saturated heterocycles. The second-order valence-corrected chi connectivity index (χ2v) is 6.68. The van der Waals surface area contributed by atoms with Crippen molar-refractivity contribution < 1.29 is 14.3 Å². The van der Waals surface area contributed by atoms with Crippen molar-refractivity contribution in [2.45, 2.75) is 16.7 Å². The lowest BCUT2D eigenvalue weighted by atomic mass is 10.0. The maximum absolute atomic E-state index is 11.8. The fraction of sp³-hybridized carbons (Fsp3) is 0.136. The zero-order valence-electron chi connectivity index (χ0n) is 14.8. The molecule has 0 N–H and O–H groups in total. The Kier molecular flexibility index (Phi) is 5.97. The standard InChI is InChI=1S/C22H20O3S/c1-3-25-22(23)15-13-20-19-7-5-4-6-16(19)8-14-21(20)26-18-11-9-17(24-2)10-12-18/h4-15H,3H2,1-2H3/b15-13+. The highest BCUT2D eigenvalue weighted by molar-refractivity contribution is 7.99. The second-order valence-electron chi connectivity index (χ2n) is 5.56. The van der Waals surface area contributed by atoms with Gasteiger partial charge in [-0.1, -0.05) is 42.1 Å². The molecule has 132 valence electrons. The third-order valence-electron chi connectivity index (χ3n) is 3.89. The van der Waals surface area contributed by atoms with E-state index in [1.54, 1.807) is 25.8 Å². The van der Waals surface area contributed by atoms with Crippen LogP contribution in [0.25, 0.3) is 16.8 Å². The fourth-order valence-corrected chi connectivity index (χ4v) is 3.60. The topological polar surface area (TPSA) is 35.5 Å². The third-order valence-corrected chi connectivity index (χ3v) is 4.97. The van der Waals surface area contributed by atoms with Crippen molar-refractivity contribution in [3.63, 3.8) is 0 Å². The maximum atomic E-state index is 11.8. The Morgan fingerprint density at radius 2 is 1.81 bits per heavy atom. The van der Waals surface area contributed by atoms with Crippen LogP contribution in [0.3, 0.4) is 0 Å². The lowest BCUT2D eigenvalue weighted by molar-refractivity contribution is -0.137. The van der Waals surface area contributed by atoms with Crippen LogP contribution in [0, 0.1) is 0 Å². The molecule has 3 aromatic rings. The zero-order chi connectivity index (χ0) is 18.4. The van der Waals surface area contributed by atoms with Gasteiger partial charge in [0, 0.05) is 15.9 Å². The molecule has 0 aliphatic heterocycles. The Morgan fingerprint density at radius 3 is 2.54 bits per heavy atom. The Balaban J connectivity index is 2.00. The smallest absolute Gasteiger partial charge is 0.330 e. The van der Waals surface area contributed by atoms with Crippen LogP contribution < -0.4 is 4.74 Å². The molecule has 4 heteroatoms. The lowest BCUT2D eigenvalue weighted by Crippen LogP contribution is -1.98. The minimum absolute atomic E-state index is 0.333. The summed E-state index contributed by atoms with van der Waals surface area (Å²) >= 11 is 1.65. The highest BCUT2D eigenvalue weighted by atomic mass is 32.2. The van der Waals surface area contributed by atoms with E-state index in [0.717, 1.165) is 31.9 Å². The minimum Gasteiger partial charge on any atom is -0.497 e. The molecule has 3 aromatic carbocycles. The fourth-order valence-electron chi connectivity index (χ4n) is 2.65. The van der Waals surface area contributed by atoms with Crippen LogP contribution in [0.4, 0.5) is 0 Å². The van der Waals surface area contributed by atoms with Crippen molar-refractivity contribution in [2.24, 2.45) is 0 Å². The predicted octanol–water partition coefficient (Wildman–Crippen LogP) is 5.58. The van der Waals surface area contributed by atoms with Crippen LogP contribution in [0.5, 0.6) is 5.75 Å². The number of benzene rings is 3. The molecule has 3 rings (SSSR count). The van der Waals surface area contributed by atoms with E-state index in [0.29, 0.717) is 6.61 Å². The molecule has 0 aliphatic carbocycles. The number of hydrogen-bond acceptors (Lipinski definition) is 4. The second kappa shape index (κ2) is 8.59. The monoisotopic (exact) mass is 364 g/mol. The van der Waals surface area contributed by atoms with Gasteiger partial charge in [0.25, 0.3) is 0 Å². The molecule has 0 unspecified atom stereocenters. The molecule has 0 amide bonds. The number of methoxy groups -OCH3 is 1. The summed E-state index contributed by atoms with van der Waals surface area (Å²) in [6, 6.07) is 20.3. The normalized spacial score (nSPS) is 11.0. The van der Waals surface area contributed by atoms with Crippen molar-refractivity contribution >= 4 is 34.6 Å². The van der Waals surface area contributed by atoms with Crippen molar-refractivity contribution in [2.75, 3.05) is 13.7 Å². The summed E-state index contributed by atoms with van der Waals surface area (Å²) in [5.74, 6) is 0.496. The van der Waals surface area contributed by atoms with Crippen LogP contribution in [0.2, 0.25) is 0 Å². The average molecular weight is 364 g/mol. The van der Waals surface area contributed by atoms with E-state index in [4.69, 9.17) is 9.47 Å². The van der Waals surface area contributed by atoms with Gasteiger partial charge in [-0.05, 0) is 59.7 Å². The van der Waals surface area contributed by atoms with Crippen molar-refractivity contribution in [1.82, 2.24) is 0 Å². The molecular weight excluding hydrogens is 344 g/mol. The number of carbonyl (C=O) groups is 1. The lowest BCUT2D eigenvalue weighted by Gasteiger charge is -2.10. The zero-order valence-corrected chi connectivity index (χ0v) is 15.6. The van der Waals surface area contributed by atoms with E-state index < -0.39 is 0 Å². The summed E-state index contributed by atoms with van der Waals surface area (Å²) in [6.07, 6.45) is 3.33. The Morgan fingerprint density at radius 1 is 1.04 bits per heavy atom. The molecule has 0 bridgehead atoms. The summed E-state index contributed by atoms with van der Waals surface area (Å²) in [5, 5.41) is 2.24. The van der Waals surface area contributed by atoms with Crippen molar-refractivity contribution in [3.8, 4) is 5.75 Å². The minimum atomic E-state index is -0.333. The molecule has 0 saturated carbocycles. The molecule has 0 atom stereocenters. The van der Waals surface area contributed by atoms with E-state index in [2.05, 4.69) is 24.3 Å². The van der Waals surface area contributed by atoms with Crippen LogP contribution in [0.15, 0.2) is 76.5 Å². The SMILES string of the molecule is CCOC(=O)/C=C/c1c(Sc2ccc(OC)cc2)ccc2ccccc12. The molecule has 0 spiro atoms. The molecule has 26 heavy (non-hydrogen) atoms. The van der Waals surface area contributed by atoms with Gasteiger partial charge < -0.3 is 9.47 Å². The molecule has 0 aromatic heterocycles. The number of hydrogen-bond donors (Lipinski definition) is 0. The molecule has 0 radical (unpaired) electrons. The Labute approximate surface area is 157 Å². The van der Waals surface area contributed by atoms with E-state index >= 15 is 0 Å². The first-order valence-corrected chi connectivity index (χ1v) is 9.21. The van der Waals surface area contributed by atoms with Gasteiger partial charge in [0.05, 0.1) is 13.7 Å². The van der Waals surface area contributed by atoms with Crippen LogP contribution in [-0.2, 0) is 9.53 Å². The van der Waals surface area contributed by atoms with Crippen molar-refractivity contribution in [3.05, 3.63) is 72.3 Å². The van der Waals surface area contributed by atoms with Crippen molar-refractivity contribution in [1.29, 1.82) is 0 Å². The Bertz CT molecular complexity index is 930. The summed E-state index contributed by atoms with van der Waals surface area (Å²) in [4.78, 5) is 13.9. The van der Waals surface area contributed by atoms with E-state index in [1.807, 2.05) is 42.5 Å². The molecule has 0 heterocycles. The first-order valence-electron chi connectivity index (χ1n) is 8.39. The van der Waals surface area contributed by atoms with E-state index in [9.17, 15) is 4.79 Å². The quantitative estimate of drug-likeness (QED) is 0.423.